The summed E-state index contributed by atoms with van der Waals surface area (Å²) in [7, 11) is -2.19. The van der Waals surface area contributed by atoms with Crippen molar-refractivity contribution in [2.45, 2.75) is 26.3 Å². The van der Waals surface area contributed by atoms with Crippen LogP contribution in [0.15, 0.2) is 42.5 Å². The van der Waals surface area contributed by atoms with Crippen molar-refractivity contribution in [2.75, 3.05) is 24.2 Å². The lowest BCUT2D eigenvalue weighted by Gasteiger charge is -2.26. The number of hydrogen-bond acceptors (Lipinski definition) is 4. The molecular weight excluding hydrogens is 447 g/mol. The molecule has 0 bridgehead atoms. The van der Waals surface area contributed by atoms with E-state index in [0.717, 1.165) is 16.1 Å². The molecule has 6 nitrogen and oxygen atoms in total. The van der Waals surface area contributed by atoms with E-state index in [4.69, 9.17) is 27.9 Å². The molecule has 2 aromatic rings. The third kappa shape index (κ3) is 6.52. The van der Waals surface area contributed by atoms with E-state index in [9.17, 15) is 13.2 Å². The molecule has 1 N–H and O–H groups in total. The first-order valence-electron chi connectivity index (χ1n) is 9.38. The topological polar surface area (TPSA) is 75.7 Å². The van der Waals surface area contributed by atoms with E-state index in [1.165, 1.54) is 6.07 Å². The Hall–Kier alpha value is -1.96. The van der Waals surface area contributed by atoms with E-state index in [0.29, 0.717) is 18.1 Å². The van der Waals surface area contributed by atoms with Crippen molar-refractivity contribution < 1.29 is 17.9 Å². The number of sulfonamides is 1. The first-order chi connectivity index (χ1) is 14.0. The molecule has 9 heteroatoms. The third-order valence-electron chi connectivity index (χ3n) is 4.45. The highest BCUT2D eigenvalue weighted by Gasteiger charge is 2.25. The van der Waals surface area contributed by atoms with Crippen molar-refractivity contribution in [3.8, 4) is 5.75 Å². The highest BCUT2D eigenvalue weighted by atomic mass is 35.5. The lowest BCUT2D eigenvalue weighted by Crippen LogP contribution is -2.42. The van der Waals surface area contributed by atoms with Crippen molar-refractivity contribution in [3.63, 3.8) is 0 Å². The normalized spacial score (nSPS) is 12.5. The molecule has 2 rings (SSSR count). The first kappa shape index (κ1) is 24.3. The second-order valence-corrected chi connectivity index (χ2v) is 10.1. The largest absolute Gasteiger partial charge is 0.497 e. The molecule has 0 radical (unpaired) electrons. The summed E-state index contributed by atoms with van der Waals surface area (Å²) in [6.07, 6.45) is 1.71. The summed E-state index contributed by atoms with van der Waals surface area (Å²) in [4.78, 5) is 12.8. The third-order valence-corrected chi connectivity index (χ3v) is 6.38. The van der Waals surface area contributed by atoms with Crippen LogP contribution in [-0.2, 0) is 14.8 Å². The van der Waals surface area contributed by atoms with Gasteiger partial charge in [-0.1, -0.05) is 55.2 Å². The average Bonchev–Trinajstić information content (AvgIpc) is 2.67. The standard InChI is InChI=1S/C21H26Cl2N2O4S/c1-14(2)12-18(15-8-10-16(29-3)11-9-15)24-20(26)13-25(30(4,27)28)19-7-5-6-17(22)21(19)23/h5-11,14,18H,12-13H2,1-4H3,(H,24,26)/t18-/m1/s1. The second kappa shape index (κ2) is 10.4. The predicted octanol–water partition coefficient (Wildman–Crippen LogP) is 4.67. The van der Waals surface area contributed by atoms with E-state index in [2.05, 4.69) is 19.2 Å². The van der Waals surface area contributed by atoms with Crippen LogP contribution >= 0.6 is 23.2 Å². The number of carbonyl (C=O) groups is 1. The van der Waals surface area contributed by atoms with Gasteiger partial charge in [0, 0.05) is 0 Å². The lowest BCUT2D eigenvalue weighted by molar-refractivity contribution is -0.120. The molecule has 0 aromatic heterocycles. The smallest absolute Gasteiger partial charge is 0.241 e. The van der Waals surface area contributed by atoms with E-state index in [-0.39, 0.29) is 21.8 Å². The Morgan fingerprint density at radius 2 is 1.77 bits per heavy atom. The number of halogens is 2. The van der Waals surface area contributed by atoms with Gasteiger partial charge < -0.3 is 10.1 Å². The molecule has 164 valence electrons. The summed E-state index contributed by atoms with van der Waals surface area (Å²) in [6.45, 7) is 3.69. The van der Waals surface area contributed by atoms with Gasteiger partial charge in [-0.3, -0.25) is 9.10 Å². The first-order valence-corrected chi connectivity index (χ1v) is 12.0. The second-order valence-electron chi connectivity index (χ2n) is 7.37. The number of rotatable bonds is 9. The molecule has 0 saturated heterocycles. The maximum atomic E-state index is 12.8. The number of benzene rings is 2. The van der Waals surface area contributed by atoms with E-state index >= 15 is 0 Å². The molecule has 0 aliphatic rings. The van der Waals surface area contributed by atoms with Crippen LogP contribution in [0.25, 0.3) is 0 Å². The zero-order valence-corrected chi connectivity index (χ0v) is 19.7. The number of nitrogens with one attached hydrogen (secondary N) is 1. The van der Waals surface area contributed by atoms with Gasteiger partial charge in [0.25, 0.3) is 0 Å². The van der Waals surface area contributed by atoms with Gasteiger partial charge in [0.1, 0.15) is 12.3 Å². The van der Waals surface area contributed by atoms with Crippen LogP contribution in [0, 0.1) is 5.92 Å². The van der Waals surface area contributed by atoms with Crippen LogP contribution in [0.3, 0.4) is 0 Å². The molecule has 30 heavy (non-hydrogen) atoms. The maximum Gasteiger partial charge on any atom is 0.241 e. The van der Waals surface area contributed by atoms with E-state index in [1.807, 2.05) is 24.3 Å². The van der Waals surface area contributed by atoms with Crippen LogP contribution in [-0.4, -0.2) is 34.2 Å². The number of hydrogen-bond donors (Lipinski definition) is 1. The molecule has 0 unspecified atom stereocenters. The van der Waals surface area contributed by atoms with Crippen molar-refractivity contribution >= 4 is 44.8 Å². The number of carbonyl (C=O) groups excluding carboxylic acids is 1. The lowest BCUT2D eigenvalue weighted by atomic mass is 9.97. The molecule has 0 spiro atoms. The summed E-state index contributed by atoms with van der Waals surface area (Å²) < 4.78 is 30.9. The van der Waals surface area contributed by atoms with E-state index < -0.39 is 22.5 Å². The number of anilines is 1. The minimum absolute atomic E-state index is 0.0753. The summed E-state index contributed by atoms with van der Waals surface area (Å²) in [5, 5.41) is 3.23. The predicted molar refractivity (Wildman–Crippen MR) is 122 cm³/mol. The van der Waals surface area contributed by atoms with Crippen LogP contribution in [0.5, 0.6) is 5.75 Å². The Kier molecular flexibility index (Phi) is 8.41. The zero-order valence-electron chi connectivity index (χ0n) is 17.4. The van der Waals surface area contributed by atoms with E-state index in [1.54, 1.807) is 19.2 Å². The molecule has 0 saturated carbocycles. The summed E-state index contributed by atoms with van der Waals surface area (Å²) in [6, 6.07) is 11.8. The van der Waals surface area contributed by atoms with Crippen LogP contribution in [0.4, 0.5) is 5.69 Å². The van der Waals surface area contributed by atoms with Gasteiger partial charge in [-0.2, -0.15) is 0 Å². The quantitative estimate of drug-likeness (QED) is 0.574. The molecule has 0 heterocycles. The summed E-state index contributed by atoms with van der Waals surface area (Å²) in [5.41, 5.74) is 1.07. The number of amides is 1. The number of methoxy groups -OCH3 is 1. The molecule has 2 aromatic carbocycles. The number of ether oxygens (including phenoxy) is 1. The fraction of sp³-hybridized carbons (Fsp3) is 0.381. The van der Waals surface area contributed by atoms with Gasteiger partial charge >= 0.3 is 0 Å². The van der Waals surface area contributed by atoms with Crippen molar-refractivity contribution in [3.05, 3.63) is 58.1 Å². The van der Waals surface area contributed by atoms with Crippen LogP contribution < -0.4 is 14.4 Å². The molecule has 0 fully saturated rings. The molecular formula is C21H26Cl2N2O4S. The highest BCUT2D eigenvalue weighted by molar-refractivity contribution is 7.92. The van der Waals surface area contributed by atoms with Crippen molar-refractivity contribution in [1.29, 1.82) is 0 Å². The van der Waals surface area contributed by atoms with Crippen molar-refractivity contribution in [2.24, 2.45) is 5.92 Å². The Bertz CT molecular complexity index is 979. The van der Waals surface area contributed by atoms with Gasteiger partial charge in [-0.25, -0.2) is 8.42 Å². The minimum Gasteiger partial charge on any atom is -0.497 e. The van der Waals surface area contributed by atoms with Crippen LogP contribution in [0.2, 0.25) is 10.0 Å². The molecule has 1 atom stereocenters. The summed E-state index contributed by atoms with van der Waals surface area (Å²) in [5.74, 6) is 0.580. The molecule has 0 aliphatic carbocycles. The van der Waals surface area contributed by atoms with Crippen molar-refractivity contribution in [1.82, 2.24) is 5.32 Å². The summed E-state index contributed by atoms with van der Waals surface area (Å²) >= 11 is 12.2. The Morgan fingerprint density at radius 3 is 2.30 bits per heavy atom. The zero-order chi connectivity index (χ0) is 22.5. The number of nitrogens with zero attached hydrogens (tertiary/aromatic N) is 1. The van der Waals surface area contributed by atoms with Gasteiger partial charge in [0.15, 0.2) is 0 Å². The minimum atomic E-state index is -3.77. The van der Waals surface area contributed by atoms with Gasteiger partial charge in [-0.15, -0.1) is 0 Å². The Labute approximate surface area is 188 Å². The molecule has 0 aliphatic heterocycles. The fourth-order valence-corrected chi connectivity index (χ4v) is 4.33. The Morgan fingerprint density at radius 1 is 1.13 bits per heavy atom. The monoisotopic (exact) mass is 472 g/mol. The Balaban J connectivity index is 2.27. The fourth-order valence-electron chi connectivity index (χ4n) is 3.02. The maximum absolute atomic E-state index is 12.8. The SMILES string of the molecule is COc1ccc([C@@H](CC(C)C)NC(=O)CN(c2cccc(Cl)c2Cl)S(C)(=O)=O)cc1. The van der Waals surface area contributed by atoms with Gasteiger partial charge in [-0.05, 0) is 42.2 Å². The van der Waals surface area contributed by atoms with Crippen LogP contribution in [0.1, 0.15) is 31.9 Å². The van der Waals surface area contributed by atoms with Gasteiger partial charge in [0.2, 0.25) is 15.9 Å². The molecule has 1 amide bonds. The van der Waals surface area contributed by atoms with Gasteiger partial charge in [0.05, 0.1) is 35.1 Å². The highest BCUT2D eigenvalue weighted by Crippen LogP contribution is 2.33. The average molecular weight is 473 g/mol.